The number of nitrogens with zero attached hydrogens (tertiary/aromatic N) is 4. The molecule has 0 saturated carbocycles. The summed E-state index contributed by atoms with van der Waals surface area (Å²) in [6.45, 7) is 0.267. The molecule has 0 saturated heterocycles. The molecule has 0 aromatic carbocycles. The second-order valence-corrected chi connectivity index (χ2v) is 5.23. The Labute approximate surface area is 145 Å². The highest BCUT2D eigenvalue weighted by Crippen LogP contribution is 2.27. The van der Waals surface area contributed by atoms with E-state index in [1.165, 1.54) is 6.92 Å². The Hall–Kier alpha value is -2.56. The maximum Gasteiger partial charge on any atom is 0.408 e. The third-order valence-corrected chi connectivity index (χ3v) is 3.27. The van der Waals surface area contributed by atoms with Gasteiger partial charge in [0.2, 0.25) is 0 Å². The quantitative estimate of drug-likeness (QED) is 0.772. The highest BCUT2D eigenvalue weighted by molar-refractivity contribution is 6.32. The Bertz CT molecular complexity index is 793. The van der Waals surface area contributed by atoms with E-state index in [4.69, 9.17) is 11.6 Å². The number of aromatic nitrogens is 4. The molecule has 0 amide bonds. The Kier molecular flexibility index (Phi) is 5.36. The fourth-order valence-electron chi connectivity index (χ4n) is 1.93. The van der Waals surface area contributed by atoms with Crippen molar-refractivity contribution in [2.75, 3.05) is 24.8 Å². The van der Waals surface area contributed by atoms with Gasteiger partial charge in [0.05, 0.1) is 18.5 Å². The summed E-state index contributed by atoms with van der Waals surface area (Å²) in [5, 5.41) is 9.15. The second-order valence-electron chi connectivity index (χ2n) is 4.87. The number of hydrogen-bond acceptors (Lipinski definition) is 7. The molecule has 0 bridgehead atoms. The van der Waals surface area contributed by atoms with E-state index in [2.05, 4.69) is 30.4 Å². The summed E-state index contributed by atoms with van der Waals surface area (Å²) in [7, 11) is 2.70. The van der Waals surface area contributed by atoms with E-state index in [1.807, 2.05) is 0 Å². The van der Waals surface area contributed by atoms with Crippen LogP contribution in [0.1, 0.15) is 16.2 Å². The molecular formula is C13H14ClF3N6O2. The van der Waals surface area contributed by atoms with Gasteiger partial charge in [-0.25, -0.2) is 14.8 Å². The van der Waals surface area contributed by atoms with E-state index in [-0.39, 0.29) is 33.9 Å². The number of esters is 1. The Morgan fingerprint density at radius 1 is 1.36 bits per heavy atom. The molecule has 0 atom stereocenters. The van der Waals surface area contributed by atoms with Gasteiger partial charge in [-0.3, -0.25) is 4.68 Å². The molecule has 2 heterocycles. The van der Waals surface area contributed by atoms with E-state index in [0.717, 1.165) is 18.0 Å². The zero-order valence-corrected chi connectivity index (χ0v) is 14.2. The van der Waals surface area contributed by atoms with E-state index in [0.29, 0.717) is 0 Å². The van der Waals surface area contributed by atoms with Crippen molar-refractivity contribution in [3.05, 3.63) is 22.7 Å². The minimum atomic E-state index is -4.41. The minimum absolute atomic E-state index is 0.0322. The van der Waals surface area contributed by atoms with E-state index >= 15 is 0 Å². The van der Waals surface area contributed by atoms with Crippen LogP contribution < -0.4 is 10.6 Å². The molecule has 12 heteroatoms. The topological polar surface area (TPSA) is 94.0 Å². The number of ether oxygens (including phenoxy) is 1. The molecule has 0 unspecified atom stereocenters. The number of rotatable bonds is 5. The van der Waals surface area contributed by atoms with Gasteiger partial charge in [0.25, 0.3) is 0 Å². The Morgan fingerprint density at radius 2 is 2.04 bits per heavy atom. The van der Waals surface area contributed by atoms with Crippen molar-refractivity contribution in [1.82, 2.24) is 19.7 Å². The molecule has 2 N–H and O–H groups in total. The predicted molar refractivity (Wildman–Crippen MR) is 84.2 cm³/mol. The molecule has 0 fully saturated rings. The number of carbonyl (C=O) groups is 1. The van der Waals surface area contributed by atoms with Crippen LogP contribution in [0.5, 0.6) is 0 Å². The van der Waals surface area contributed by atoms with Gasteiger partial charge >= 0.3 is 12.1 Å². The molecule has 25 heavy (non-hydrogen) atoms. The van der Waals surface area contributed by atoms with Crippen molar-refractivity contribution in [1.29, 1.82) is 0 Å². The Balaban J connectivity index is 2.41. The van der Waals surface area contributed by atoms with Gasteiger partial charge in [-0.2, -0.15) is 18.3 Å². The van der Waals surface area contributed by atoms with Gasteiger partial charge in [-0.1, -0.05) is 11.6 Å². The highest BCUT2D eigenvalue weighted by Gasteiger charge is 2.29. The number of aryl methyl sites for hydroxylation is 1. The summed E-state index contributed by atoms with van der Waals surface area (Å²) in [4.78, 5) is 19.8. The summed E-state index contributed by atoms with van der Waals surface area (Å²) in [6.07, 6.45) is -3.26. The van der Waals surface area contributed by atoms with Crippen LogP contribution in [0.3, 0.4) is 0 Å². The first kappa shape index (κ1) is 18.8. The lowest BCUT2D eigenvalue weighted by atomic mass is 10.3. The third-order valence-electron chi connectivity index (χ3n) is 3.01. The van der Waals surface area contributed by atoms with Crippen LogP contribution in [0.15, 0.2) is 6.20 Å². The zero-order valence-electron chi connectivity index (χ0n) is 13.4. The highest BCUT2D eigenvalue weighted by atomic mass is 35.5. The fourth-order valence-corrected chi connectivity index (χ4v) is 2.15. The van der Waals surface area contributed by atoms with Crippen LogP contribution in [0, 0.1) is 6.92 Å². The number of anilines is 3. The number of hydrogen-bond donors (Lipinski definition) is 2. The van der Waals surface area contributed by atoms with Crippen molar-refractivity contribution in [2.45, 2.75) is 19.6 Å². The number of carbonyl (C=O) groups excluding carboxylic acids is 1. The monoisotopic (exact) mass is 378 g/mol. The van der Waals surface area contributed by atoms with Crippen LogP contribution >= 0.6 is 11.6 Å². The average molecular weight is 379 g/mol. The molecule has 2 rings (SSSR count). The van der Waals surface area contributed by atoms with Crippen LogP contribution in [0.25, 0.3) is 0 Å². The van der Waals surface area contributed by atoms with E-state index in [1.54, 1.807) is 7.05 Å². The number of nitrogens with one attached hydrogen (secondary N) is 2. The van der Waals surface area contributed by atoms with Gasteiger partial charge in [0, 0.05) is 13.2 Å². The molecule has 0 radical (unpaired) electrons. The predicted octanol–water partition coefficient (Wildman–Crippen LogP) is 2.77. The van der Waals surface area contributed by atoms with Crippen molar-refractivity contribution in [3.63, 3.8) is 0 Å². The van der Waals surface area contributed by atoms with Gasteiger partial charge in [0.15, 0.2) is 22.5 Å². The van der Waals surface area contributed by atoms with Gasteiger partial charge in [-0.15, -0.1) is 0 Å². The zero-order chi connectivity index (χ0) is 18.8. The molecule has 0 aliphatic carbocycles. The van der Waals surface area contributed by atoms with Crippen LogP contribution in [0.4, 0.5) is 30.5 Å². The molecule has 2 aromatic rings. The van der Waals surface area contributed by atoms with Crippen molar-refractivity contribution < 1.29 is 22.7 Å². The third kappa shape index (κ3) is 4.50. The van der Waals surface area contributed by atoms with Crippen molar-refractivity contribution >= 4 is 34.9 Å². The number of methoxy groups -OCH3 is 1. The molecular weight excluding hydrogens is 365 g/mol. The fraction of sp³-hybridized carbons (Fsp3) is 0.385. The van der Waals surface area contributed by atoms with E-state index < -0.39 is 18.7 Å². The molecule has 8 nitrogen and oxygen atoms in total. The first-order valence-electron chi connectivity index (χ1n) is 6.86. The normalized spacial score (nSPS) is 11.3. The first-order chi connectivity index (χ1) is 11.6. The van der Waals surface area contributed by atoms with Gasteiger partial charge in [0.1, 0.15) is 6.54 Å². The SMILES string of the molecule is CNc1nc(Nc2cn(CC(F)(F)F)nc2C)c(C(=O)OC)nc1Cl. The van der Waals surface area contributed by atoms with E-state index in [9.17, 15) is 18.0 Å². The molecule has 0 aliphatic heterocycles. The molecule has 136 valence electrons. The lowest BCUT2D eigenvalue weighted by molar-refractivity contribution is -0.142. The van der Waals surface area contributed by atoms with Crippen molar-refractivity contribution in [3.8, 4) is 0 Å². The first-order valence-corrected chi connectivity index (χ1v) is 7.24. The van der Waals surface area contributed by atoms with Crippen LogP contribution in [-0.4, -0.2) is 46.1 Å². The smallest absolute Gasteiger partial charge is 0.408 e. The summed E-state index contributed by atoms with van der Waals surface area (Å²) < 4.78 is 42.8. The van der Waals surface area contributed by atoms with Crippen molar-refractivity contribution in [2.24, 2.45) is 0 Å². The largest absolute Gasteiger partial charge is 0.464 e. The van der Waals surface area contributed by atoms with Gasteiger partial charge in [-0.05, 0) is 6.92 Å². The average Bonchev–Trinajstić information content (AvgIpc) is 2.85. The van der Waals surface area contributed by atoms with Crippen LogP contribution in [-0.2, 0) is 11.3 Å². The van der Waals surface area contributed by atoms with Gasteiger partial charge < -0.3 is 15.4 Å². The maximum atomic E-state index is 12.5. The Morgan fingerprint density at radius 3 is 2.60 bits per heavy atom. The maximum absolute atomic E-state index is 12.5. The molecule has 2 aromatic heterocycles. The molecule has 0 aliphatic rings. The van der Waals surface area contributed by atoms with Crippen LogP contribution in [0.2, 0.25) is 5.15 Å². The summed E-state index contributed by atoms with van der Waals surface area (Å²) in [5.41, 5.74) is 0.297. The second kappa shape index (κ2) is 7.13. The number of alkyl halides is 3. The summed E-state index contributed by atoms with van der Waals surface area (Å²) in [6, 6.07) is 0. The molecule has 0 spiro atoms. The summed E-state index contributed by atoms with van der Waals surface area (Å²) >= 11 is 5.90. The minimum Gasteiger partial charge on any atom is -0.464 e. The lowest BCUT2D eigenvalue weighted by Gasteiger charge is -2.11. The standard InChI is InChI=1S/C13H14ClF3N6O2/c1-6-7(4-23(22-6)5-13(15,16)17)19-10-8(12(24)25-3)20-9(14)11(18-2)21-10/h4H,5H2,1-3H3,(H2,18,19,21). The summed E-state index contributed by atoms with van der Waals surface area (Å²) in [5.74, 6) is -0.660. The lowest BCUT2D eigenvalue weighted by Crippen LogP contribution is -2.18. The number of halogens is 4.